The molecule has 0 aliphatic carbocycles. The molecule has 1 rings (SSSR count). The van der Waals surface area contributed by atoms with Crippen LogP contribution in [0.5, 0.6) is 0 Å². The third-order valence-corrected chi connectivity index (χ3v) is 1.54. The van der Waals surface area contributed by atoms with E-state index in [1.165, 1.54) is 6.07 Å². The van der Waals surface area contributed by atoms with Gasteiger partial charge in [0, 0.05) is 0 Å². The van der Waals surface area contributed by atoms with Gasteiger partial charge in [-0.05, 0) is 23.8 Å². The molecule has 0 atom stereocenters. The second-order valence-corrected chi connectivity index (χ2v) is 2.33. The fourth-order valence-electron chi connectivity index (χ4n) is 0.816. The lowest BCUT2D eigenvalue weighted by atomic mass is 10.1. The Bertz CT molecular complexity index is 364. The Balaban J connectivity index is 3.33. The summed E-state index contributed by atoms with van der Waals surface area (Å²) in [5.41, 5.74) is 1.46. The smallest absolute Gasteiger partial charge is 0.0992 e. The topological polar surface area (TPSA) is 47.6 Å². The molecule has 0 aliphatic rings. The van der Waals surface area contributed by atoms with Crippen LogP contribution in [0.25, 0.3) is 0 Å². The van der Waals surface area contributed by atoms with Gasteiger partial charge in [0.1, 0.15) is 0 Å². The van der Waals surface area contributed by atoms with Gasteiger partial charge in [0.25, 0.3) is 0 Å². The average molecular weight is 171 g/mol. The molecule has 0 saturated heterocycles. The van der Waals surface area contributed by atoms with E-state index in [0.717, 1.165) is 0 Å². The molecule has 0 bridgehead atoms. The monoisotopic (exact) mass is 171 g/mol. The summed E-state index contributed by atoms with van der Waals surface area (Å²) in [6, 6.07) is 8.57. The third kappa shape index (κ3) is 1.66. The molecule has 55 valence electrons. The van der Waals surface area contributed by atoms with E-state index in [0.29, 0.717) is 16.7 Å². The van der Waals surface area contributed by atoms with E-state index in [-0.39, 0.29) is 0 Å². The molecule has 12 heavy (non-hydrogen) atoms. The minimum absolute atomic E-state index is 0.432. The van der Waals surface area contributed by atoms with Crippen LogP contribution in [-0.4, -0.2) is 5.37 Å². The number of nitrogens with zero attached hydrogens (tertiary/aromatic N) is 2. The molecule has 0 aliphatic heterocycles. The Morgan fingerprint density at radius 3 is 1.67 bits per heavy atom. The van der Waals surface area contributed by atoms with Crippen molar-refractivity contribution >= 4 is 17.6 Å². The predicted molar refractivity (Wildman–Crippen MR) is 47.6 cm³/mol. The molecule has 1 radical (unpaired) electrons. The first-order valence-corrected chi connectivity index (χ1v) is 3.54. The molecular formula is C9H3N2S. The van der Waals surface area contributed by atoms with E-state index in [9.17, 15) is 0 Å². The summed E-state index contributed by atoms with van der Waals surface area (Å²) in [5, 5.41) is 19.6. The second-order valence-electron chi connectivity index (χ2n) is 2.12. The molecule has 0 unspecified atom stereocenters. The molecule has 0 N–H and O–H groups in total. The van der Waals surface area contributed by atoms with Crippen LogP contribution in [0.4, 0.5) is 0 Å². The summed E-state index contributed by atoms with van der Waals surface area (Å²) in [6.07, 6.45) is 0. The van der Waals surface area contributed by atoms with Crippen LogP contribution in [-0.2, 0) is 0 Å². The van der Waals surface area contributed by atoms with Crippen LogP contribution >= 0.6 is 12.2 Å². The van der Waals surface area contributed by atoms with Gasteiger partial charge in [-0.1, -0.05) is 12.2 Å². The summed E-state index contributed by atoms with van der Waals surface area (Å²) in [6.45, 7) is 0. The fraction of sp³-hybridized carbons (Fsp3) is 0. The molecule has 0 amide bonds. The number of thiocarbonyl (C=S) groups is 1. The Labute approximate surface area is 75.7 Å². The fourth-order valence-corrected chi connectivity index (χ4v) is 0.933. The number of nitriles is 2. The number of rotatable bonds is 1. The highest BCUT2D eigenvalue weighted by molar-refractivity contribution is 7.79. The van der Waals surface area contributed by atoms with E-state index in [2.05, 4.69) is 17.6 Å². The van der Waals surface area contributed by atoms with Crippen LogP contribution in [0, 0.1) is 22.7 Å². The van der Waals surface area contributed by atoms with Gasteiger partial charge in [-0.3, -0.25) is 0 Å². The standard InChI is InChI=1S/C9H3N2S/c10-4-7-1-8(5-11)3-9(2-7)6-12/h1-3H. The van der Waals surface area contributed by atoms with Gasteiger partial charge in [-0.2, -0.15) is 10.5 Å². The molecule has 0 spiro atoms. The van der Waals surface area contributed by atoms with Crippen molar-refractivity contribution < 1.29 is 0 Å². The van der Waals surface area contributed by atoms with Gasteiger partial charge in [0.2, 0.25) is 0 Å². The first kappa shape index (κ1) is 8.39. The molecule has 0 heterocycles. The zero-order valence-electron chi connectivity index (χ0n) is 6.03. The predicted octanol–water partition coefficient (Wildman–Crippen LogP) is 1.65. The molecule has 0 fully saturated rings. The van der Waals surface area contributed by atoms with Gasteiger partial charge in [-0.25, -0.2) is 0 Å². The molecular weight excluding hydrogens is 168 g/mol. The summed E-state index contributed by atoms with van der Waals surface area (Å²) in [7, 11) is 0. The molecule has 1 aromatic carbocycles. The maximum Gasteiger partial charge on any atom is 0.0992 e. The van der Waals surface area contributed by atoms with Crippen molar-refractivity contribution in [1.82, 2.24) is 0 Å². The molecule has 2 nitrogen and oxygen atoms in total. The second kappa shape index (κ2) is 3.61. The molecule has 3 heteroatoms. The van der Waals surface area contributed by atoms with E-state index >= 15 is 0 Å². The summed E-state index contributed by atoms with van der Waals surface area (Å²) in [4.78, 5) is 0. The summed E-state index contributed by atoms with van der Waals surface area (Å²) < 4.78 is 0. The Hall–Kier alpha value is -1.71. The van der Waals surface area contributed by atoms with Gasteiger partial charge in [-0.15, -0.1) is 0 Å². The lowest BCUT2D eigenvalue weighted by Gasteiger charge is -1.93. The average Bonchev–Trinajstić information content (AvgIpc) is 2.16. The summed E-state index contributed by atoms with van der Waals surface area (Å²) >= 11 is 4.56. The van der Waals surface area contributed by atoms with Gasteiger partial charge in [0.05, 0.1) is 28.6 Å². The van der Waals surface area contributed by atoms with Crippen molar-refractivity contribution in [3.8, 4) is 12.1 Å². The minimum atomic E-state index is 0.432. The van der Waals surface area contributed by atoms with Gasteiger partial charge >= 0.3 is 0 Å². The van der Waals surface area contributed by atoms with E-state index in [4.69, 9.17) is 10.5 Å². The van der Waals surface area contributed by atoms with Crippen molar-refractivity contribution in [2.24, 2.45) is 0 Å². The van der Waals surface area contributed by atoms with Crippen molar-refractivity contribution in [1.29, 1.82) is 10.5 Å². The minimum Gasteiger partial charge on any atom is -0.192 e. The van der Waals surface area contributed by atoms with Crippen LogP contribution < -0.4 is 0 Å². The quantitative estimate of drug-likeness (QED) is 0.603. The highest BCUT2D eigenvalue weighted by Crippen LogP contribution is 2.07. The van der Waals surface area contributed by atoms with Crippen molar-refractivity contribution in [3.63, 3.8) is 0 Å². The lowest BCUT2D eigenvalue weighted by molar-refractivity contribution is 1.44. The van der Waals surface area contributed by atoms with Gasteiger partial charge in [0.15, 0.2) is 0 Å². The third-order valence-electron chi connectivity index (χ3n) is 1.31. The van der Waals surface area contributed by atoms with Crippen molar-refractivity contribution in [2.45, 2.75) is 0 Å². The molecule has 0 saturated carbocycles. The highest BCUT2D eigenvalue weighted by atomic mass is 32.1. The van der Waals surface area contributed by atoms with E-state index < -0.39 is 0 Å². The largest absolute Gasteiger partial charge is 0.192 e. The number of hydrogen-bond acceptors (Lipinski definition) is 3. The first-order chi connectivity index (χ1) is 5.80. The summed E-state index contributed by atoms with van der Waals surface area (Å²) in [5.74, 6) is 0. The van der Waals surface area contributed by atoms with Gasteiger partial charge < -0.3 is 0 Å². The zero-order chi connectivity index (χ0) is 8.97. The van der Waals surface area contributed by atoms with Crippen LogP contribution in [0.1, 0.15) is 16.7 Å². The SMILES string of the molecule is N#Cc1cc([C]=S)cc(C#N)c1. The van der Waals surface area contributed by atoms with Crippen molar-refractivity contribution in [2.75, 3.05) is 0 Å². The first-order valence-electron chi connectivity index (χ1n) is 3.13. The van der Waals surface area contributed by atoms with Crippen LogP contribution in [0.3, 0.4) is 0 Å². The Morgan fingerprint density at radius 2 is 1.33 bits per heavy atom. The van der Waals surface area contributed by atoms with E-state index in [1.807, 2.05) is 12.1 Å². The highest BCUT2D eigenvalue weighted by Gasteiger charge is 1.97. The zero-order valence-corrected chi connectivity index (χ0v) is 6.85. The Kier molecular flexibility index (Phi) is 2.53. The maximum atomic E-state index is 8.56. The van der Waals surface area contributed by atoms with Crippen LogP contribution in [0.15, 0.2) is 18.2 Å². The van der Waals surface area contributed by atoms with Crippen LogP contribution in [0.2, 0.25) is 0 Å². The Morgan fingerprint density at radius 1 is 0.917 bits per heavy atom. The maximum absolute atomic E-state index is 8.56. The van der Waals surface area contributed by atoms with E-state index in [1.54, 1.807) is 12.1 Å². The normalized spacial score (nSPS) is 8.17. The number of hydrogen-bond donors (Lipinski definition) is 0. The number of benzene rings is 1. The lowest BCUT2D eigenvalue weighted by Crippen LogP contribution is -1.84. The molecule has 0 aromatic heterocycles. The molecule has 1 aromatic rings. The van der Waals surface area contributed by atoms with Crippen molar-refractivity contribution in [3.05, 3.63) is 34.9 Å².